The minimum atomic E-state index is -4.44. The average molecular weight is 1030 g/mol. The van der Waals surface area contributed by atoms with E-state index in [1.54, 1.807) is 4.57 Å². The molecule has 10 nitrogen and oxygen atoms in total. The van der Waals surface area contributed by atoms with Gasteiger partial charge in [-0.15, -0.1) is 12.3 Å². The number of pyridine rings is 1. The molecule has 3 aromatic rings. The molecule has 1 aromatic carbocycles. The molecule has 0 radical (unpaired) electrons. The van der Waals surface area contributed by atoms with Crippen molar-refractivity contribution in [1.82, 2.24) is 44.9 Å². The number of hydrazine groups is 1. The summed E-state index contributed by atoms with van der Waals surface area (Å²) in [5.41, 5.74) is 13.1. The van der Waals surface area contributed by atoms with Crippen LogP contribution in [0.5, 0.6) is 0 Å². The molecule has 5 saturated heterocycles. The smallest absolute Gasteiger partial charge is 0.378 e. The number of terminal acetylenes is 1. The Hall–Kier alpha value is -4.32. The Morgan fingerprint density at radius 1 is 0.960 bits per heavy atom. The maximum absolute atomic E-state index is 15.1. The molecular formula is C62H89F3N10. The Kier molecular flexibility index (Phi) is 16.5. The molecule has 3 unspecified atom stereocenters. The third-order valence-electron chi connectivity index (χ3n) is 18.6. The standard InChI is InChI=1S/C62H89F3N10/c1-8-10-25-60(5,6)36-54-52-34-48(23-24-57(52)74(44-62(63,64)65)59(54)53-35-51(37-66-55(53)9-2)72-33-32-71-29-15-13-22-50(71)39-72)49-21-17-28-70(38-49)40-56(46(4)75-31-16-14-27-67-75)68-45(3)58(47-19-11-12-20-47)73-30-18-26-61(43-73)41-69(7)42-61/h1,21,23-24,34-35,37,47,50,56,58,67-68H,3-4,9-20,22,25-33,36,38-44H2,2,5-7H3. The summed E-state index contributed by atoms with van der Waals surface area (Å²) in [6.45, 7) is 28.0. The van der Waals surface area contributed by atoms with Crippen LogP contribution < -0.4 is 15.6 Å². The second-order valence-corrected chi connectivity index (χ2v) is 24.9. The van der Waals surface area contributed by atoms with Crippen molar-refractivity contribution in [2.24, 2.45) is 16.7 Å². The Morgan fingerprint density at radius 2 is 1.76 bits per heavy atom. The van der Waals surface area contributed by atoms with E-state index in [1.165, 1.54) is 76.5 Å². The Morgan fingerprint density at radius 3 is 2.51 bits per heavy atom. The van der Waals surface area contributed by atoms with Gasteiger partial charge < -0.3 is 24.7 Å². The lowest BCUT2D eigenvalue weighted by molar-refractivity contribution is -0.139. The van der Waals surface area contributed by atoms with E-state index in [9.17, 15) is 0 Å². The van der Waals surface area contributed by atoms with Gasteiger partial charge in [-0.25, -0.2) is 5.43 Å². The second kappa shape index (κ2) is 22.9. The maximum atomic E-state index is 15.1. The van der Waals surface area contributed by atoms with Gasteiger partial charge in [-0.1, -0.05) is 65.3 Å². The second-order valence-electron chi connectivity index (χ2n) is 24.9. The molecule has 0 amide bonds. The summed E-state index contributed by atoms with van der Waals surface area (Å²) in [5, 5.41) is 7.28. The number of piperazine rings is 1. The van der Waals surface area contributed by atoms with Crippen molar-refractivity contribution in [1.29, 1.82) is 0 Å². The number of fused-ring (bicyclic) bond motifs is 2. The van der Waals surface area contributed by atoms with Gasteiger partial charge in [0, 0.05) is 123 Å². The number of rotatable bonds is 18. The van der Waals surface area contributed by atoms with Crippen molar-refractivity contribution < 1.29 is 13.2 Å². The first kappa shape index (κ1) is 54.1. The Labute approximate surface area is 448 Å². The number of nitrogens with zero attached hydrogens (tertiary/aromatic N) is 8. The van der Waals surface area contributed by atoms with Crippen LogP contribution in [0.3, 0.4) is 0 Å². The first-order chi connectivity index (χ1) is 36.1. The number of piperidine rings is 2. The number of likely N-dealkylation sites (tertiary alicyclic amines) is 2. The fourth-order valence-corrected chi connectivity index (χ4v) is 15.0. The summed E-state index contributed by atoms with van der Waals surface area (Å²) in [6.07, 6.45) is 22.8. The predicted octanol–water partition coefficient (Wildman–Crippen LogP) is 10.7. The molecule has 13 heteroatoms. The highest BCUT2D eigenvalue weighted by atomic mass is 19.4. The largest absolute Gasteiger partial charge is 0.406 e. The van der Waals surface area contributed by atoms with Crippen LogP contribution in [0.2, 0.25) is 0 Å². The summed E-state index contributed by atoms with van der Waals surface area (Å²) < 4.78 is 46.9. The Bertz CT molecular complexity index is 2560. The summed E-state index contributed by atoms with van der Waals surface area (Å²) in [5.74, 6) is 3.45. The van der Waals surface area contributed by atoms with E-state index in [0.717, 1.165) is 143 Å². The quantitative estimate of drug-likeness (QED) is 0.121. The van der Waals surface area contributed by atoms with E-state index >= 15 is 13.2 Å². The minimum Gasteiger partial charge on any atom is -0.378 e. The molecule has 3 atom stereocenters. The van der Waals surface area contributed by atoms with Gasteiger partial charge in [-0.2, -0.15) is 13.2 Å². The zero-order chi connectivity index (χ0) is 52.5. The molecular weight excluding hydrogens is 942 g/mol. The number of hydrogen-bond acceptors (Lipinski definition) is 9. The topological polar surface area (TPSA) is 61.3 Å². The summed E-state index contributed by atoms with van der Waals surface area (Å²) in [6, 6.07) is 9.16. The highest BCUT2D eigenvalue weighted by molar-refractivity contribution is 5.95. The number of anilines is 1. The molecule has 6 fully saturated rings. The molecule has 75 heavy (non-hydrogen) atoms. The summed E-state index contributed by atoms with van der Waals surface area (Å²) >= 11 is 0. The van der Waals surface area contributed by atoms with Crippen LogP contribution in [-0.2, 0) is 19.4 Å². The zero-order valence-corrected chi connectivity index (χ0v) is 46.2. The molecule has 6 aliphatic heterocycles. The molecule has 2 aromatic heterocycles. The summed E-state index contributed by atoms with van der Waals surface area (Å²) in [7, 11) is 2.26. The first-order valence-electron chi connectivity index (χ1n) is 29.2. The molecule has 1 aliphatic carbocycles. The molecule has 1 saturated carbocycles. The average Bonchev–Trinajstić information content (AvgIpc) is 4.03. The van der Waals surface area contributed by atoms with Crippen LogP contribution in [0.1, 0.15) is 127 Å². The number of nitrogens with one attached hydrogen (secondary N) is 2. The fourth-order valence-electron chi connectivity index (χ4n) is 15.0. The van der Waals surface area contributed by atoms with Crippen LogP contribution in [0.25, 0.3) is 27.7 Å². The fraction of sp³-hybridized carbons (Fsp3) is 0.661. The van der Waals surface area contributed by atoms with Gasteiger partial charge in [0.25, 0.3) is 0 Å². The van der Waals surface area contributed by atoms with E-state index in [4.69, 9.17) is 24.6 Å². The zero-order valence-electron chi connectivity index (χ0n) is 46.2. The highest BCUT2D eigenvalue weighted by Gasteiger charge is 2.47. The maximum Gasteiger partial charge on any atom is 0.406 e. The van der Waals surface area contributed by atoms with Gasteiger partial charge in [0.15, 0.2) is 0 Å². The van der Waals surface area contributed by atoms with Crippen LogP contribution in [0, 0.1) is 29.1 Å². The van der Waals surface area contributed by atoms with Gasteiger partial charge in [0.05, 0.1) is 29.7 Å². The van der Waals surface area contributed by atoms with Gasteiger partial charge in [0.2, 0.25) is 0 Å². The SMILES string of the molecule is C#CCCC(C)(C)Cc1c(-c2cc(N3CCN4CCCCC4C3)cnc2CC)n(CC(F)(F)F)c2ccc(C3=CCCN(CC(NC(=C)C(C4CCCC4)N4CCCC5(CN(C)C5)C4)C(=C)N4CCCCN4)C3)cc12. The molecule has 7 aliphatic rings. The molecule has 2 N–H and O–H groups in total. The number of hydrogen-bond donors (Lipinski definition) is 2. The highest BCUT2D eigenvalue weighted by Crippen LogP contribution is 2.45. The molecule has 0 bridgehead atoms. The van der Waals surface area contributed by atoms with Crippen molar-refractivity contribution in [3.8, 4) is 23.6 Å². The van der Waals surface area contributed by atoms with Gasteiger partial charge >= 0.3 is 6.18 Å². The van der Waals surface area contributed by atoms with E-state index in [1.807, 2.05) is 12.3 Å². The first-order valence-corrected chi connectivity index (χ1v) is 29.2. The monoisotopic (exact) mass is 1030 g/mol. The van der Waals surface area contributed by atoms with Crippen molar-refractivity contribution in [3.63, 3.8) is 0 Å². The van der Waals surface area contributed by atoms with Crippen LogP contribution in [0.15, 0.2) is 61.1 Å². The van der Waals surface area contributed by atoms with Crippen molar-refractivity contribution >= 4 is 22.2 Å². The molecule has 1 spiro atoms. The lowest BCUT2D eigenvalue weighted by atomic mass is 9.72. The molecule has 10 rings (SSSR count). The lowest BCUT2D eigenvalue weighted by Gasteiger charge is -2.55. The third-order valence-corrected chi connectivity index (χ3v) is 18.6. The number of aromatic nitrogens is 2. The number of benzene rings is 1. The minimum absolute atomic E-state index is 0.0538. The van der Waals surface area contributed by atoms with E-state index in [-0.39, 0.29) is 11.5 Å². The molecule has 408 valence electrons. The summed E-state index contributed by atoms with van der Waals surface area (Å²) in [4.78, 5) is 18.0. The van der Waals surface area contributed by atoms with Crippen molar-refractivity contribution in [2.45, 2.75) is 154 Å². The van der Waals surface area contributed by atoms with Crippen LogP contribution in [-0.4, -0.2) is 151 Å². The van der Waals surface area contributed by atoms with Crippen LogP contribution >= 0.6 is 0 Å². The third kappa shape index (κ3) is 12.2. The number of halogens is 3. The van der Waals surface area contributed by atoms with Gasteiger partial charge in [-0.05, 0) is 143 Å². The van der Waals surface area contributed by atoms with E-state index in [2.05, 4.69) is 98.3 Å². The van der Waals surface area contributed by atoms with Gasteiger partial charge in [-0.3, -0.25) is 19.7 Å². The lowest BCUT2D eigenvalue weighted by Crippen LogP contribution is -2.64. The van der Waals surface area contributed by atoms with E-state index in [0.29, 0.717) is 53.9 Å². The normalized spacial score (nSPS) is 23.4. The van der Waals surface area contributed by atoms with Crippen molar-refractivity contribution in [3.05, 3.63) is 77.9 Å². The van der Waals surface area contributed by atoms with E-state index < -0.39 is 12.7 Å². The number of aryl methyl sites for hydroxylation is 1. The van der Waals surface area contributed by atoms with Gasteiger partial charge in [0.1, 0.15) is 6.54 Å². The number of alkyl halides is 3. The predicted molar refractivity (Wildman–Crippen MR) is 302 cm³/mol. The molecule has 8 heterocycles. The Balaban J connectivity index is 0.977. The van der Waals surface area contributed by atoms with Crippen molar-refractivity contribution in [2.75, 3.05) is 97.0 Å². The van der Waals surface area contributed by atoms with Crippen LogP contribution in [0.4, 0.5) is 18.9 Å².